The summed E-state index contributed by atoms with van der Waals surface area (Å²) in [5.41, 5.74) is 4.89. The Morgan fingerprint density at radius 3 is 2.57 bits per heavy atom. The van der Waals surface area contributed by atoms with Gasteiger partial charge < -0.3 is 5.11 Å². The fourth-order valence-corrected chi connectivity index (χ4v) is 2.72. The summed E-state index contributed by atoms with van der Waals surface area (Å²) in [7, 11) is 0. The maximum Gasteiger partial charge on any atom is 0.336 e. The molecule has 3 aromatic rings. The molecular weight excluding hydrogens is 264 g/mol. The molecule has 2 aromatic carbocycles. The lowest BCUT2D eigenvalue weighted by Crippen LogP contribution is -2.01. The highest BCUT2D eigenvalue weighted by atomic mass is 16.4. The normalized spacial score (nSPS) is 11.0. The zero-order chi connectivity index (χ0) is 15.1. The number of carbonyl (C=O) groups is 1. The summed E-state index contributed by atoms with van der Waals surface area (Å²) in [5, 5.41) is 9.22. The highest BCUT2D eigenvalue weighted by Gasteiger charge is 2.16. The number of aromatic carboxylic acids is 1. The molecule has 106 valence electrons. The van der Waals surface area contributed by atoms with Crippen LogP contribution in [0, 0.1) is 20.8 Å². The number of benzene rings is 2. The van der Waals surface area contributed by atoms with Gasteiger partial charge in [0.15, 0.2) is 0 Å². The number of nitrogens with zero attached hydrogens (tertiary/aromatic N) is 2. The second kappa shape index (κ2) is 4.74. The molecule has 1 heterocycles. The van der Waals surface area contributed by atoms with Gasteiger partial charge in [0, 0.05) is 5.69 Å². The van der Waals surface area contributed by atoms with E-state index in [2.05, 4.69) is 15.6 Å². The van der Waals surface area contributed by atoms with Crippen LogP contribution in [0.1, 0.15) is 27.3 Å². The maximum absolute atomic E-state index is 11.2. The monoisotopic (exact) mass is 280 g/mol. The van der Waals surface area contributed by atoms with E-state index in [0.29, 0.717) is 11.1 Å². The van der Waals surface area contributed by atoms with Crippen LogP contribution in [0.5, 0.6) is 0 Å². The number of carboxylic acid groups (broad SMARTS) is 1. The molecule has 1 aromatic heterocycles. The van der Waals surface area contributed by atoms with Gasteiger partial charge in [-0.1, -0.05) is 12.1 Å². The largest absolute Gasteiger partial charge is 0.478 e. The van der Waals surface area contributed by atoms with Gasteiger partial charge in [0.2, 0.25) is 0 Å². The van der Waals surface area contributed by atoms with E-state index >= 15 is 0 Å². The SMILES string of the molecule is Cc1cccc(-n2c(C)nc3c(C)c(C(=O)O)ccc32)c1. The molecule has 1 N–H and O–H groups in total. The molecule has 3 rings (SSSR count). The number of aromatic nitrogens is 2. The summed E-state index contributed by atoms with van der Waals surface area (Å²) in [6.07, 6.45) is 0. The predicted molar refractivity (Wildman–Crippen MR) is 82.2 cm³/mol. The lowest BCUT2D eigenvalue weighted by molar-refractivity contribution is 0.0696. The molecular formula is C17H16N2O2. The zero-order valence-corrected chi connectivity index (χ0v) is 12.2. The summed E-state index contributed by atoms with van der Waals surface area (Å²) in [4.78, 5) is 15.8. The Balaban J connectivity index is 2.33. The van der Waals surface area contributed by atoms with Crippen molar-refractivity contribution >= 4 is 17.0 Å². The van der Waals surface area contributed by atoms with Crippen molar-refractivity contribution in [1.82, 2.24) is 9.55 Å². The Labute approximate surface area is 122 Å². The van der Waals surface area contributed by atoms with E-state index in [1.54, 1.807) is 13.0 Å². The van der Waals surface area contributed by atoms with Gasteiger partial charge in [-0.2, -0.15) is 0 Å². The maximum atomic E-state index is 11.2. The summed E-state index contributed by atoms with van der Waals surface area (Å²) >= 11 is 0. The summed E-state index contributed by atoms with van der Waals surface area (Å²) < 4.78 is 2.06. The average Bonchev–Trinajstić information content (AvgIpc) is 2.76. The number of rotatable bonds is 2. The summed E-state index contributed by atoms with van der Waals surface area (Å²) in [6.45, 7) is 5.78. The van der Waals surface area contributed by atoms with Crippen LogP contribution in [0.2, 0.25) is 0 Å². The van der Waals surface area contributed by atoms with Crippen molar-refractivity contribution in [1.29, 1.82) is 0 Å². The molecule has 0 unspecified atom stereocenters. The fourth-order valence-electron chi connectivity index (χ4n) is 2.72. The van der Waals surface area contributed by atoms with Gasteiger partial charge in [-0.15, -0.1) is 0 Å². The van der Waals surface area contributed by atoms with E-state index in [1.807, 2.05) is 38.1 Å². The van der Waals surface area contributed by atoms with Crippen molar-refractivity contribution in [3.8, 4) is 5.69 Å². The van der Waals surface area contributed by atoms with Crippen molar-refractivity contribution < 1.29 is 9.90 Å². The van der Waals surface area contributed by atoms with Gasteiger partial charge in [-0.05, 0) is 56.2 Å². The molecule has 0 radical (unpaired) electrons. The summed E-state index contributed by atoms with van der Waals surface area (Å²) in [6, 6.07) is 11.7. The van der Waals surface area contributed by atoms with Crippen LogP contribution in [-0.2, 0) is 0 Å². The molecule has 0 atom stereocenters. The van der Waals surface area contributed by atoms with Gasteiger partial charge in [0.25, 0.3) is 0 Å². The Kier molecular flexibility index (Phi) is 3.01. The van der Waals surface area contributed by atoms with Gasteiger partial charge in [0.1, 0.15) is 5.82 Å². The molecule has 0 aliphatic carbocycles. The average molecular weight is 280 g/mol. The second-order valence-electron chi connectivity index (χ2n) is 5.24. The minimum Gasteiger partial charge on any atom is -0.478 e. The molecule has 0 aliphatic heterocycles. The molecule has 21 heavy (non-hydrogen) atoms. The Morgan fingerprint density at radius 1 is 1.14 bits per heavy atom. The van der Waals surface area contributed by atoms with Gasteiger partial charge in [0.05, 0.1) is 16.6 Å². The first-order valence-electron chi connectivity index (χ1n) is 6.78. The fraction of sp³-hybridized carbons (Fsp3) is 0.176. The van der Waals surface area contributed by atoms with Crippen LogP contribution in [0.15, 0.2) is 36.4 Å². The number of imidazole rings is 1. The van der Waals surface area contributed by atoms with E-state index in [9.17, 15) is 9.90 Å². The Bertz CT molecular complexity index is 863. The van der Waals surface area contributed by atoms with Gasteiger partial charge >= 0.3 is 5.97 Å². The zero-order valence-electron chi connectivity index (χ0n) is 12.2. The molecule has 0 fully saturated rings. The molecule has 0 amide bonds. The molecule has 0 saturated carbocycles. The first-order valence-corrected chi connectivity index (χ1v) is 6.78. The molecule has 0 aliphatic rings. The van der Waals surface area contributed by atoms with E-state index in [4.69, 9.17) is 0 Å². The molecule has 0 bridgehead atoms. The lowest BCUT2D eigenvalue weighted by Gasteiger charge is -2.08. The van der Waals surface area contributed by atoms with E-state index in [1.165, 1.54) is 5.56 Å². The molecule has 0 saturated heterocycles. The van der Waals surface area contributed by atoms with Crippen molar-refractivity contribution in [3.05, 3.63) is 58.9 Å². The smallest absolute Gasteiger partial charge is 0.336 e. The van der Waals surface area contributed by atoms with Crippen molar-refractivity contribution in [3.63, 3.8) is 0 Å². The first-order chi connectivity index (χ1) is 9.99. The van der Waals surface area contributed by atoms with Gasteiger partial charge in [-0.25, -0.2) is 9.78 Å². The highest BCUT2D eigenvalue weighted by Crippen LogP contribution is 2.26. The van der Waals surface area contributed by atoms with Crippen LogP contribution in [0.3, 0.4) is 0 Å². The minimum absolute atomic E-state index is 0.302. The van der Waals surface area contributed by atoms with Crippen molar-refractivity contribution in [2.24, 2.45) is 0 Å². The third-order valence-corrected chi connectivity index (χ3v) is 3.74. The van der Waals surface area contributed by atoms with E-state index in [-0.39, 0.29) is 0 Å². The standard InChI is InChI=1S/C17H16N2O2/c1-10-5-4-6-13(9-10)19-12(3)18-16-11(2)14(17(20)21)7-8-15(16)19/h4-9H,1-3H3,(H,20,21). The van der Waals surface area contributed by atoms with Gasteiger partial charge in [-0.3, -0.25) is 4.57 Å². The minimum atomic E-state index is -0.919. The first kappa shape index (κ1) is 13.4. The Hall–Kier alpha value is -2.62. The van der Waals surface area contributed by atoms with E-state index in [0.717, 1.165) is 22.5 Å². The van der Waals surface area contributed by atoms with Crippen LogP contribution >= 0.6 is 0 Å². The third-order valence-electron chi connectivity index (χ3n) is 3.74. The quantitative estimate of drug-likeness (QED) is 0.779. The highest BCUT2D eigenvalue weighted by molar-refractivity contribution is 5.96. The number of aryl methyl sites for hydroxylation is 3. The second-order valence-corrected chi connectivity index (χ2v) is 5.24. The molecule has 0 spiro atoms. The Morgan fingerprint density at radius 2 is 1.90 bits per heavy atom. The number of carboxylic acids is 1. The van der Waals surface area contributed by atoms with Crippen LogP contribution in [0.4, 0.5) is 0 Å². The number of hydrogen-bond donors (Lipinski definition) is 1. The summed E-state index contributed by atoms with van der Waals surface area (Å²) in [5.74, 6) is -0.0709. The topological polar surface area (TPSA) is 55.1 Å². The number of fused-ring (bicyclic) bond motifs is 1. The van der Waals surface area contributed by atoms with Crippen LogP contribution in [0.25, 0.3) is 16.7 Å². The lowest BCUT2D eigenvalue weighted by atomic mass is 10.1. The number of hydrogen-bond acceptors (Lipinski definition) is 2. The third kappa shape index (κ3) is 2.09. The molecule has 4 heteroatoms. The van der Waals surface area contributed by atoms with Crippen LogP contribution < -0.4 is 0 Å². The van der Waals surface area contributed by atoms with E-state index < -0.39 is 5.97 Å². The molecule has 4 nitrogen and oxygen atoms in total. The van der Waals surface area contributed by atoms with Crippen molar-refractivity contribution in [2.75, 3.05) is 0 Å². The van der Waals surface area contributed by atoms with Crippen molar-refractivity contribution in [2.45, 2.75) is 20.8 Å². The predicted octanol–water partition coefficient (Wildman–Crippen LogP) is 3.65. The van der Waals surface area contributed by atoms with Crippen LogP contribution in [-0.4, -0.2) is 20.6 Å².